The number of carbonyl (C=O) groups excluding carboxylic acids is 1. The number of ether oxygens (including phenoxy) is 4. The highest BCUT2D eigenvalue weighted by Crippen LogP contribution is 2.29. The second-order valence-electron chi connectivity index (χ2n) is 12.5. The molecule has 0 spiro atoms. The molecular formula is C32H60N2O13. The Bertz CT molecular complexity index is 867. The van der Waals surface area contributed by atoms with Crippen LogP contribution in [0.1, 0.15) is 84.0 Å². The first-order valence-corrected chi connectivity index (χ1v) is 17.1. The molecule has 2 heterocycles. The highest BCUT2D eigenvalue weighted by atomic mass is 16.7. The van der Waals surface area contributed by atoms with Crippen LogP contribution in [0.3, 0.4) is 0 Å². The Morgan fingerprint density at radius 1 is 0.787 bits per heavy atom. The minimum atomic E-state index is -1.79. The van der Waals surface area contributed by atoms with E-state index < -0.39 is 92.7 Å². The van der Waals surface area contributed by atoms with Crippen molar-refractivity contribution in [1.29, 1.82) is 0 Å². The molecule has 15 heteroatoms. The number of aliphatic hydroxyl groups excluding tert-OH is 8. The van der Waals surface area contributed by atoms with E-state index in [0.717, 1.165) is 25.7 Å². The Morgan fingerprint density at radius 3 is 1.91 bits per heavy atom. The van der Waals surface area contributed by atoms with Crippen LogP contribution in [0.25, 0.3) is 0 Å². The third kappa shape index (κ3) is 13.8. The van der Waals surface area contributed by atoms with Crippen molar-refractivity contribution >= 4 is 5.91 Å². The molecule has 0 bridgehead atoms. The molecule has 2 aliphatic rings. The fourth-order valence-electron chi connectivity index (χ4n) is 5.68. The van der Waals surface area contributed by atoms with E-state index in [9.17, 15) is 45.6 Å². The van der Waals surface area contributed by atoms with Crippen LogP contribution < -0.4 is 11.1 Å². The summed E-state index contributed by atoms with van der Waals surface area (Å²) in [6.07, 6.45) is 0.486. The van der Waals surface area contributed by atoms with Gasteiger partial charge in [-0.15, -0.1) is 0 Å². The lowest BCUT2D eigenvalue weighted by atomic mass is 9.97. The maximum absolute atomic E-state index is 12.0. The van der Waals surface area contributed by atoms with Gasteiger partial charge in [-0.25, -0.2) is 0 Å². The predicted octanol–water partition coefficient (Wildman–Crippen LogP) is -1.31. The van der Waals surface area contributed by atoms with E-state index in [2.05, 4.69) is 12.2 Å². The lowest BCUT2D eigenvalue weighted by Gasteiger charge is -2.46. The highest BCUT2D eigenvalue weighted by Gasteiger charge is 2.50. The topological polar surface area (TPSA) is 254 Å². The van der Waals surface area contributed by atoms with Gasteiger partial charge in [0, 0.05) is 0 Å². The van der Waals surface area contributed by atoms with Crippen molar-refractivity contribution in [3.63, 3.8) is 0 Å². The van der Waals surface area contributed by atoms with E-state index in [1.165, 1.54) is 51.4 Å². The molecule has 1 amide bonds. The molecule has 0 aromatic heterocycles. The molecule has 0 aromatic carbocycles. The van der Waals surface area contributed by atoms with Crippen LogP contribution in [0.2, 0.25) is 0 Å². The van der Waals surface area contributed by atoms with Crippen LogP contribution in [0.4, 0.5) is 0 Å². The summed E-state index contributed by atoms with van der Waals surface area (Å²) in [5.41, 5.74) is 5.43. The van der Waals surface area contributed by atoms with Crippen LogP contribution in [0, 0.1) is 0 Å². The number of nitrogens with one attached hydrogen (secondary N) is 1. The lowest BCUT2D eigenvalue weighted by molar-refractivity contribution is -0.359. The van der Waals surface area contributed by atoms with Crippen molar-refractivity contribution in [2.45, 2.75) is 158 Å². The standard InChI is InChI=1S/C32H60N2O13/c1-2-3-4-5-6-7-8-9-10-11-12-13-14-15-21(37)20(34-24(38)16-33)19-44-31-29(43)27(41)30(23(18-36)46-31)47-32-28(42)26(40)25(39)22(17-35)45-32/h14-15,20-23,25-32,35-37,39-43H,2-13,16-19,33H2,1H3,(H,34,38)/b15-14+/t20-,21+,22+,23+,25-,26-,27+,28+,29+,30+,31+,32-/m0/s1. The second-order valence-corrected chi connectivity index (χ2v) is 12.5. The zero-order chi connectivity index (χ0) is 34.8. The molecule has 0 aliphatic carbocycles. The average molecular weight is 681 g/mol. The average Bonchev–Trinajstić information content (AvgIpc) is 3.07. The van der Waals surface area contributed by atoms with Crippen LogP contribution in [0.5, 0.6) is 0 Å². The van der Waals surface area contributed by atoms with Gasteiger partial charge in [-0.1, -0.05) is 83.3 Å². The molecule has 2 fully saturated rings. The van der Waals surface area contributed by atoms with Gasteiger partial charge in [-0.3, -0.25) is 4.79 Å². The second kappa shape index (κ2) is 23.2. The monoisotopic (exact) mass is 680 g/mol. The summed E-state index contributed by atoms with van der Waals surface area (Å²) in [7, 11) is 0. The van der Waals surface area contributed by atoms with Crippen LogP contribution in [0.15, 0.2) is 12.2 Å². The normalized spacial score (nSPS) is 32.8. The zero-order valence-electron chi connectivity index (χ0n) is 27.6. The molecule has 0 aromatic rings. The van der Waals surface area contributed by atoms with Gasteiger partial charge >= 0.3 is 0 Å². The lowest BCUT2D eigenvalue weighted by Crippen LogP contribution is -2.65. The van der Waals surface area contributed by atoms with E-state index in [0.29, 0.717) is 0 Å². The molecule has 0 saturated carbocycles. The summed E-state index contributed by atoms with van der Waals surface area (Å²) in [5, 5.41) is 84.6. The Kier molecular flexibility index (Phi) is 20.6. The van der Waals surface area contributed by atoms with Gasteiger partial charge in [0.25, 0.3) is 0 Å². The van der Waals surface area contributed by atoms with Crippen molar-refractivity contribution in [1.82, 2.24) is 5.32 Å². The van der Waals surface area contributed by atoms with E-state index in [4.69, 9.17) is 24.7 Å². The molecule has 12 atom stereocenters. The van der Waals surface area contributed by atoms with Gasteiger partial charge in [0.05, 0.1) is 38.5 Å². The first kappa shape index (κ1) is 41.9. The van der Waals surface area contributed by atoms with Crippen molar-refractivity contribution in [3.05, 3.63) is 12.2 Å². The molecule has 0 unspecified atom stereocenters. The SMILES string of the molecule is CCCCCCCCCCCCC/C=C/[C@@H](O)[C@H](CO[C@@H]1O[C@H](CO)[C@@H](O[C@@H]2O[C@H](CO)[C@H](O)[C@H](O)[C@H]2O)[C@H](O)[C@H]1O)NC(=O)CN. The maximum atomic E-state index is 12.0. The number of aliphatic hydroxyl groups is 8. The van der Waals surface area contributed by atoms with Crippen LogP contribution >= 0.6 is 0 Å². The van der Waals surface area contributed by atoms with Gasteiger partial charge in [0.2, 0.25) is 5.91 Å². The van der Waals surface area contributed by atoms with Crippen molar-refractivity contribution < 1.29 is 64.6 Å². The fraction of sp³-hybridized carbons (Fsp3) is 0.906. The van der Waals surface area contributed by atoms with Gasteiger partial charge < -0.3 is 70.9 Å². The largest absolute Gasteiger partial charge is 0.394 e. The van der Waals surface area contributed by atoms with E-state index in [1.807, 2.05) is 6.08 Å². The first-order valence-electron chi connectivity index (χ1n) is 17.1. The minimum absolute atomic E-state index is 0.337. The maximum Gasteiger partial charge on any atom is 0.234 e. The van der Waals surface area contributed by atoms with Gasteiger partial charge in [-0.05, 0) is 12.8 Å². The van der Waals surface area contributed by atoms with Crippen molar-refractivity contribution in [3.8, 4) is 0 Å². The van der Waals surface area contributed by atoms with Gasteiger partial charge in [-0.2, -0.15) is 0 Å². The number of allylic oxidation sites excluding steroid dienone is 1. The van der Waals surface area contributed by atoms with E-state index in [-0.39, 0.29) is 13.2 Å². The van der Waals surface area contributed by atoms with Crippen molar-refractivity contribution in [2.24, 2.45) is 5.73 Å². The number of nitrogens with two attached hydrogens (primary N) is 1. The first-order chi connectivity index (χ1) is 22.6. The molecule has 2 aliphatic heterocycles. The van der Waals surface area contributed by atoms with Gasteiger partial charge in [0.15, 0.2) is 12.6 Å². The van der Waals surface area contributed by atoms with Gasteiger partial charge in [0.1, 0.15) is 48.8 Å². The molecular weight excluding hydrogens is 620 g/mol. The Morgan fingerprint density at radius 2 is 1.34 bits per heavy atom. The Balaban J connectivity index is 1.85. The number of carbonyl (C=O) groups is 1. The molecule has 2 saturated heterocycles. The Hall–Kier alpha value is -1.31. The summed E-state index contributed by atoms with van der Waals surface area (Å²) in [5.74, 6) is -0.553. The quantitative estimate of drug-likeness (QED) is 0.0444. The third-order valence-corrected chi connectivity index (χ3v) is 8.65. The fourth-order valence-corrected chi connectivity index (χ4v) is 5.68. The number of rotatable bonds is 23. The number of amides is 1. The molecule has 47 heavy (non-hydrogen) atoms. The predicted molar refractivity (Wildman–Crippen MR) is 170 cm³/mol. The van der Waals surface area contributed by atoms with E-state index in [1.54, 1.807) is 6.08 Å². The van der Waals surface area contributed by atoms with Crippen molar-refractivity contribution in [2.75, 3.05) is 26.4 Å². The summed E-state index contributed by atoms with van der Waals surface area (Å²) in [4.78, 5) is 12.0. The molecule has 0 radical (unpaired) electrons. The Labute approximate surface area is 277 Å². The summed E-state index contributed by atoms with van der Waals surface area (Å²) < 4.78 is 22.1. The molecule has 2 rings (SSSR count). The summed E-state index contributed by atoms with van der Waals surface area (Å²) >= 11 is 0. The van der Waals surface area contributed by atoms with E-state index >= 15 is 0 Å². The smallest absolute Gasteiger partial charge is 0.234 e. The number of unbranched alkanes of at least 4 members (excludes halogenated alkanes) is 11. The molecule has 15 nitrogen and oxygen atoms in total. The minimum Gasteiger partial charge on any atom is -0.394 e. The molecule has 276 valence electrons. The number of hydrogen-bond donors (Lipinski definition) is 10. The van der Waals surface area contributed by atoms with Crippen LogP contribution in [-0.2, 0) is 23.7 Å². The number of hydrogen-bond acceptors (Lipinski definition) is 14. The summed E-state index contributed by atoms with van der Waals surface area (Å²) in [6.45, 7) is 0.0803. The highest BCUT2D eigenvalue weighted by molar-refractivity contribution is 5.78. The molecule has 11 N–H and O–H groups in total. The summed E-state index contributed by atoms with van der Waals surface area (Å²) in [6, 6.07) is -0.983. The zero-order valence-corrected chi connectivity index (χ0v) is 27.6. The third-order valence-electron chi connectivity index (χ3n) is 8.65. The van der Waals surface area contributed by atoms with Crippen LogP contribution in [-0.4, -0.2) is 147 Å².